The molecule has 0 aliphatic carbocycles. The molecule has 158 valence electrons. The molecule has 0 bridgehead atoms. The van der Waals surface area contributed by atoms with Gasteiger partial charge in [-0.3, -0.25) is 9.78 Å². The van der Waals surface area contributed by atoms with Crippen LogP contribution in [-0.4, -0.2) is 67.5 Å². The van der Waals surface area contributed by atoms with E-state index in [1.165, 1.54) is 12.4 Å². The Balaban J connectivity index is 0.000000234. The molecule has 2 aromatic rings. The number of anilines is 1. The number of hydrogen-bond acceptors (Lipinski definition) is 9. The molecular weight excluding hydrogens is 397 g/mol. The molecule has 3 atom stereocenters. The van der Waals surface area contributed by atoms with Crippen molar-refractivity contribution in [2.45, 2.75) is 30.9 Å². The number of carbonyl (C=O) groups excluding carboxylic acids is 1. The Labute approximate surface area is 163 Å². The van der Waals surface area contributed by atoms with Gasteiger partial charge in [0.1, 0.15) is 18.0 Å². The van der Waals surface area contributed by atoms with Crippen LogP contribution in [0.4, 0.5) is 19.0 Å². The summed E-state index contributed by atoms with van der Waals surface area (Å²) in [4.78, 5) is 25.5. The van der Waals surface area contributed by atoms with Crippen LogP contribution in [0, 0.1) is 0 Å². The molecule has 1 saturated heterocycles. The van der Waals surface area contributed by atoms with Crippen LogP contribution >= 0.6 is 0 Å². The van der Waals surface area contributed by atoms with Crippen molar-refractivity contribution >= 4 is 11.7 Å². The normalized spacial score (nSPS) is 21.6. The Hall–Kier alpha value is -2.90. The second kappa shape index (κ2) is 10.0. The van der Waals surface area contributed by atoms with Crippen LogP contribution < -0.4 is 11.1 Å². The molecule has 29 heavy (non-hydrogen) atoms. The molecule has 13 heteroatoms. The van der Waals surface area contributed by atoms with Crippen LogP contribution in [0.15, 0.2) is 30.9 Å². The molecule has 3 rings (SSSR count). The van der Waals surface area contributed by atoms with E-state index >= 15 is 0 Å². The maximum Gasteiger partial charge on any atom is 0.434 e. The van der Waals surface area contributed by atoms with E-state index in [1.807, 2.05) is 0 Å². The van der Waals surface area contributed by atoms with Crippen LogP contribution in [0.25, 0.3) is 0 Å². The number of ether oxygens (including phenoxy) is 1. The van der Waals surface area contributed by atoms with Gasteiger partial charge in [0.05, 0.1) is 18.5 Å². The molecular formula is C16H19F3N6O4. The number of carbonyl (C=O) groups is 1. The maximum absolute atomic E-state index is 11.8. The van der Waals surface area contributed by atoms with Crippen LogP contribution in [0.5, 0.6) is 0 Å². The molecule has 0 spiro atoms. The third kappa shape index (κ3) is 6.89. The Morgan fingerprint density at radius 3 is 2.55 bits per heavy atom. The molecule has 1 aliphatic rings. The number of nitrogen functional groups attached to an aromatic ring is 1. The number of alkyl halides is 3. The third-order valence-corrected chi connectivity index (χ3v) is 3.70. The number of aromatic nitrogens is 4. The summed E-state index contributed by atoms with van der Waals surface area (Å²) in [5.74, 6) is -0.616. The van der Waals surface area contributed by atoms with Crippen molar-refractivity contribution in [3.63, 3.8) is 0 Å². The average Bonchev–Trinajstić information content (AvgIpc) is 2.69. The minimum absolute atomic E-state index is 0.0587. The van der Waals surface area contributed by atoms with Crippen molar-refractivity contribution in [1.29, 1.82) is 0 Å². The SMILES string of the molecule is Nc1cncc(C(F)(F)F)n1.O=C(NCC1OCCC(O)C1O)c1ncccn1. The van der Waals surface area contributed by atoms with Gasteiger partial charge in [-0.25, -0.2) is 15.0 Å². The number of rotatable bonds is 3. The van der Waals surface area contributed by atoms with Crippen LogP contribution in [-0.2, 0) is 10.9 Å². The second-order valence-electron chi connectivity index (χ2n) is 5.87. The zero-order valence-electron chi connectivity index (χ0n) is 15.0. The monoisotopic (exact) mass is 416 g/mol. The fourth-order valence-corrected chi connectivity index (χ4v) is 2.24. The van der Waals surface area contributed by atoms with Gasteiger partial charge in [-0.05, 0) is 12.5 Å². The predicted molar refractivity (Wildman–Crippen MR) is 92.2 cm³/mol. The van der Waals surface area contributed by atoms with E-state index < -0.39 is 36.1 Å². The van der Waals surface area contributed by atoms with Gasteiger partial charge in [-0.15, -0.1) is 0 Å². The molecule has 2 aromatic heterocycles. The highest BCUT2D eigenvalue weighted by Gasteiger charge is 2.33. The van der Waals surface area contributed by atoms with Crippen molar-refractivity contribution in [3.05, 3.63) is 42.4 Å². The van der Waals surface area contributed by atoms with Gasteiger partial charge < -0.3 is 26.0 Å². The lowest BCUT2D eigenvalue weighted by Crippen LogP contribution is -2.50. The topological polar surface area (TPSA) is 156 Å². The number of aliphatic hydroxyl groups is 2. The van der Waals surface area contributed by atoms with Gasteiger partial charge in [-0.1, -0.05) is 0 Å². The number of halogens is 3. The molecule has 1 aliphatic heterocycles. The predicted octanol–water partition coefficient (Wildman–Crippen LogP) is -0.205. The lowest BCUT2D eigenvalue weighted by molar-refractivity contribution is -0.141. The first kappa shape index (κ1) is 22.4. The third-order valence-electron chi connectivity index (χ3n) is 3.70. The summed E-state index contributed by atoms with van der Waals surface area (Å²) in [7, 11) is 0. The summed E-state index contributed by atoms with van der Waals surface area (Å²) < 4.78 is 40.7. The van der Waals surface area contributed by atoms with Gasteiger partial charge in [0.2, 0.25) is 5.82 Å². The fraction of sp³-hybridized carbons (Fsp3) is 0.438. The highest BCUT2D eigenvalue weighted by atomic mass is 19.4. The number of amides is 1. The minimum Gasteiger partial charge on any atom is -0.390 e. The highest BCUT2D eigenvalue weighted by Crippen LogP contribution is 2.26. The Morgan fingerprint density at radius 2 is 1.97 bits per heavy atom. The molecule has 3 heterocycles. The van der Waals surface area contributed by atoms with Crippen molar-refractivity contribution in [1.82, 2.24) is 25.3 Å². The van der Waals surface area contributed by atoms with Crippen molar-refractivity contribution in [2.24, 2.45) is 0 Å². The molecule has 10 nitrogen and oxygen atoms in total. The number of aliphatic hydroxyl groups excluding tert-OH is 2. The molecule has 0 aromatic carbocycles. The summed E-state index contributed by atoms with van der Waals surface area (Å²) in [6.45, 7) is 0.468. The summed E-state index contributed by atoms with van der Waals surface area (Å²) in [6.07, 6.45) is -1.87. The van der Waals surface area contributed by atoms with E-state index in [4.69, 9.17) is 10.5 Å². The minimum atomic E-state index is -4.47. The number of nitrogens with zero attached hydrogens (tertiary/aromatic N) is 4. The van der Waals surface area contributed by atoms with Crippen molar-refractivity contribution < 1.29 is 32.9 Å². The summed E-state index contributed by atoms with van der Waals surface area (Å²) in [5, 5.41) is 21.7. The summed E-state index contributed by atoms with van der Waals surface area (Å²) >= 11 is 0. The zero-order chi connectivity index (χ0) is 21.4. The maximum atomic E-state index is 11.8. The lowest BCUT2D eigenvalue weighted by Gasteiger charge is -2.31. The van der Waals surface area contributed by atoms with Crippen molar-refractivity contribution in [3.8, 4) is 0 Å². The molecule has 0 radical (unpaired) electrons. The largest absolute Gasteiger partial charge is 0.434 e. The van der Waals surface area contributed by atoms with Crippen LogP contribution in [0.3, 0.4) is 0 Å². The fourth-order valence-electron chi connectivity index (χ4n) is 2.24. The van der Waals surface area contributed by atoms with E-state index in [9.17, 15) is 28.2 Å². The van der Waals surface area contributed by atoms with E-state index in [2.05, 4.69) is 25.3 Å². The summed E-state index contributed by atoms with van der Waals surface area (Å²) in [6, 6.07) is 1.61. The smallest absolute Gasteiger partial charge is 0.390 e. The zero-order valence-corrected chi connectivity index (χ0v) is 15.0. The molecule has 1 fully saturated rings. The second-order valence-corrected chi connectivity index (χ2v) is 5.87. The van der Waals surface area contributed by atoms with E-state index in [1.54, 1.807) is 6.07 Å². The van der Waals surface area contributed by atoms with E-state index in [0.29, 0.717) is 19.2 Å². The highest BCUT2D eigenvalue weighted by molar-refractivity contribution is 5.90. The van der Waals surface area contributed by atoms with Gasteiger partial charge >= 0.3 is 6.18 Å². The molecule has 5 N–H and O–H groups in total. The molecule has 0 saturated carbocycles. The standard InChI is InChI=1S/C11H15N3O4.C5H4F3N3/c15-7-2-5-18-8(9(7)16)6-14-11(17)10-12-3-1-4-13-10;6-5(7,8)3-1-10-2-4(9)11-3/h1,3-4,7-9,15-16H,2,5-6H2,(H,14,17);1-2H,(H2,9,11). The average molecular weight is 416 g/mol. The quantitative estimate of drug-likeness (QED) is 0.532. The first-order valence-corrected chi connectivity index (χ1v) is 8.36. The van der Waals surface area contributed by atoms with Gasteiger partial charge in [0.15, 0.2) is 5.69 Å². The Bertz CT molecular complexity index is 796. The van der Waals surface area contributed by atoms with E-state index in [0.717, 1.165) is 6.20 Å². The Kier molecular flexibility index (Phi) is 7.75. The van der Waals surface area contributed by atoms with Crippen LogP contribution in [0.2, 0.25) is 0 Å². The molecule has 1 amide bonds. The molecule has 3 unspecified atom stereocenters. The first-order chi connectivity index (χ1) is 13.7. The number of nitrogens with two attached hydrogens (primary N) is 1. The van der Waals surface area contributed by atoms with Crippen molar-refractivity contribution in [2.75, 3.05) is 18.9 Å². The van der Waals surface area contributed by atoms with Gasteiger partial charge in [-0.2, -0.15) is 13.2 Å². The first-order valence-electron chi connectivity index (χ1n) is 8.36. The van der Waals surface area contributed by atoms with Gasteiger partial charge in [0, 0.05) is 25.5 Å². The van der Waals surface area contributed by atoms with Crippen LogP contribution in [0.1, 0.15) is 22.7 Å². The van der Waals surface area contributed by atoms with Gasteiger partial charge in [0.25, 0.3) is 5.91 Å². The lowest BCUT2D eigenvalue weighted by atomic mass is 10.0. The number of hydrogen-bond donors (Lipinski definition) is 4. The summed E-state index contributed by atoms with van der Waals surface area (Å²) in [5.41, 5.74) is 3.91. The number of nitrogens with one attached hydrogen (secondary N) is 1. The van der Waals surface area contributed by atoms with E-state index in [-0.39, 0.29) is 18.2 Å². The Morgan fingerprint density at radius 1 is 1.28 bits per heavy atom.